The third-order valence-electron chi connectivity index (χ3n) is 3.37. The fraction of sp³-hybridized carbons (Fsp3) is 0.308. The first kappa shape index (κ1) is 14.5. The Morgan fingerprint density at radius 2 is 2.00 bits per heavy atom. The van der Waals surface area contributed by atoms with Crippen molar-refractivity contribution < 1.29 is 22.4 Å². The van der Waals surface area contributed by atoms with E-state index in [1.807, 2.05) is 0 Å². The highest BCUT2D eigenvalue weighted by atomic mass is 19.4. The first-order valence-corrected chi connectivity index (χ1v) is 6.45. The van der Waals surface area contributed by atoms with Crippen LogP contribution in [0.15, 0.2) is 18.2 Å². The first-order valence-electron chi connectivity index (χ1n) is 6.45. The summed E-state index contributed by atoms with van der Waals surface area (Å²) in [6.07, 6.45) is -3.50. The molecule has 0 unspecified atom stereocenters. The van der Waals surface area contributed by atoms with E-state index in [9.17, 15) is 22.4 Å². The minimum absolute atomic E-state index is 0.272. The van der Waals surface area contributed by atoms with Gasteiger partial charge in [0.1, 0.15) is 11.5 Å². The molecule has 0 saturated carbocycles. The van der Waals surface area contributed by atoms with Crippen LogP contribution >= 0.6 is 0 Å². The number of benzene rings is 1. The Hall–Kier alpha value is -2.45. The molecule has 0 spiro atoms. The van der Waals surface area contributed by atoms with E-state index < -0.39 is 23.5 Å². The van der Waals surface area contributed by atoms with Gasteiger partial charge in [-0.25, -0.2) is 4.39 Å². The summed E-state index contributed by atoms with van der Waals surface area (Å²) in [5.74, 6) is -1.58. The maximum Gasteiger partial charge on any atom is 0.416 e. The van der Waals surface area contributed by atoms with E-state index >= 15 is 0 Å². The summed E-state index contributed by atoms with van der Waals surface area (Å²) in [4.78, 5) is 13.6. The van der Waals surface area contributed by atoms with Crippen LogP contribution in [0.2, 0.25) is 0 Å². The molecular formula is C13H10F4N4O. The molecule has 2 heterocycles. The molecular weight excluding hydrogens is 304 g/mol. The Balaban J connectivity index is 1.99. The molecule has 1 aromatic carbocycles. The summed E-state index contributed by atoms with van der Waals surface area (Å²) < 4.78 is 51.6. The minimum atomic E-state index is -4.72. The maximum absolute atomic E-state index is 13.4. The smallest absolute Gasteiger partial charge is 0.290 e. The van der Waals surface area contributed by atoms with E-state index in [-0.39, 0.29) is 17.9 Å². The summed E-state index contributed by atoms with van der Waals surface area (Å²) in [6, 6.07) is 1.78. The van der Waals surface area contributed by atoms with Gasteiger partial charge in [-0.1, -0.05) is 0 Å². The average Bonchev–Trinajstić information content (AvgIpc) is 2.93. The van der Waals surface area contributed by atoms with Gasteiger partial charge in [-0.05, 0) is 31.0 Å². The Morgan fingerprint density at radius 3 is 2.73 bits per heavy atom. The molecule has 5 nitrogen and oxygen atoms in total. The standard InChI is InChI=1S/C13H10F4N4O/c14-9-5-7(4-8(6-9)13(15,16)17)12(22)21-3-1-2-10-11(21)19-20-18-10/h4-6H,1-3H2,(H,18,19,20). The number of aromatic amines is 1. The van der Waals surface area contributed by atoms with Gasteiger partial charge in [0.2, 0.25) is 0 Å². The summed E-state index contributed by atoms with van der Waals surface area (Å²) in [5.41, 5.74) is -1.01. The molecule has 1 amide bonds. The fourth-order valence-electron chi connectivity index (χ4n) is 2.37. The predicted octanol–water partition coefficient (Wildman–Crippen LogP) is 2.56. The lowest BCUT2D eigenvalue weighted by molar-refractivity contribution is -0.137. The summed E-state index contributed by atoms with van der Waals surface area (Å²) in [7, 11) is 0. The zero-order valence-corrected chi connectivity index (χ0v) is 11.1. The monoisotopic (exact) mass is 314 g/mol. The van der Waals surface area contributed by atoms with E-state index in [4.69, 9.17) is 0 Å². The molecule has 1 aliphatic rings. The van der Waals surface area contributed by atoms with E-state index in [0.717, 1.165) is 6.07 Å². The zero-order valence-electron chi connectivity index (χ0n) is 11.1. The zero-order chi connectivity index (χ0) is 15.9. The number of hydrogen-bond donors (Lipinski definition) is 1. The second kappa shape index (κ2) is 5.08. The van der Waals surface area contributed by atoms with Gasteiger partial charge in [-0.2, -0.15) is 23.5 Å². The molecule has 0 radical (unpaired) electrons. The van der Waals surface area contributed by atoms with Crippen LogP contribution in [-0.4, -0.2) is 27.9 Å². The second-order valence-electron chi connectivity index (χ2n) is 4.88. The highest BCUT2D eigenvalue weighted by Crippen LogP contribution is 2.31. The van der Waals surface area contributed by atoms with Crippen molar-refractivity contribution in [1.29, 1.82) is 0 Å². The molecule has 0 atom stereocenters. The number of carbonyl (C=O) groups is 1. The fourth-order valence-corrected chi connectivity index (χ4v) is 2.37. The molecule has 0 saturated heterocycles. The molecule has 0 bridgehead atoms. The van der Waals surface area contributed by atoms with E-state index in [2.05, 4.69) is 15.4 Å². The molecule has 2 aromatic rings. The summed E-state index contributed by atoms with van der Waals surface area (Å²) in [5, 5.41) is 10.1. The van der Waals surface area contributed by atoms with Gasteiger partial charge >= 0.3 is 6.18 Å². The third kappa shape index (κ3) is 2.53. The Labute approximate surface area is 121 Å². The molecule has 1 aromatic heterocycles. The van der Waals surface area contributed by atoms with Gasteiger partial charge in [-0.15, -0.1) is 5.10 Å². The van der Waals surface area contributed by atoms with Crippen molar-refractivity contribution >= 4 is 11.7 Å². The number of alkyl halides is 3. The number of hydrogen-bond acceptors (Lipinski definition) is 3. The molecule has 22 heavy (non-hydrogen) atoms. The summed E-state index contributed by atoms with van der Waals surface area (Å²) in [6.45, 7) is 0.288. The van der Waals surface area contributed by atoms with Gasteiger partial charge in [0, 0.05) is 12.1 Å². The molecule has 1 N–H and O–H groups in total. The number of anilines is 1. The predicted molar refractivity (Wildman–Crippen MR) is 67.8 cm³/mol. The lowest BCUT2D eigenvalue weighted by Gasteiger charge is -2.24. The number of nitrogens with one attached hydrogen (secondary N) is 1. The van der Waals surface area contributed by atoms with E-state index in [1.165, 1.54) is 4.90 Å². The van der Waals surface area contributed by atoms with Gasteiger partial charge in [0.05, 0.1) is 5.56 Å². The number of rotatable bonds is 1. The molecule has 9 heteroatoms. The van der Waals surface area contributed by atoms with Gasteiger partial charge in [-0.3, -0.25) is 9.69 Å². The largest absolute Gasteiger partial charge is 0.416 e. The van der Waals surface area contributed by atoms with Crippen molar-refractivity contribution in [1.82, 2.24) is 15.4 Å². The van der Waals surface area contributed by atoms with E-state index in [1.54, 1.807) is 0 Å². The molecule has 0 aliphatic carbocycles. The van der Waals surface area contributed by atoms with Crippen LogP contribution in [0, 0.1) is 5.82 Å². The van der Waals surface area contributed by atoms with Gasteiger partial charge in [0.15, 0.2) is 5.82 Å². The van der Waals surface area contributed by atoms with Crippen LogP contribution in [-0.2, 0) is 12.6 Å². The number of carbonyl (C=O) groups excluding carboxylic acids is 1. The number of aryl methyl sites for hydroxylation is 1. The van der Waals surface area contributed by atoms with Crippen LogP contribution in [0.25, 0.3) is 0 Å². The highest BCUT2D eigenvalue weighted by molar-refractivity contribution is 6.06. The van der Waals surface area contributed by atoms with Crippen molar-refractivity contribution in [3.05, 3.63) is 40.8 Å². The second-order valence-corrected chi connectivity index (χ2v) is 4.88. The van der Waals surface area contributed by atoms with Gasteiger partial charge < -0.3 is 0 Å². The molecule has 3 rings (SSSR count). The molecule has 1 aliphatic heterocycles. The molecule has 0 fully saturated rings. The lowest BCUT2D eigenvalue weighted by atomic mass is 10.1. The van der Waals surface area contributed by atoms with Crippen molar-refractivity contribution in [2.24, 2.45) is 0 Å². The number of fused-ring (bicyclic) bond motifs is 1. The summed E-state index contributed by atoms with van der Waals surface area (Å²) >= 11 is 0. The van der Waals surface area contributed by atoms with E-state index in [0.29, 0.717) is 30.7 Å². The van der Waals surface area contributed by atoms with Crippen molar-refractivity contribution in [3.63, 3.8) is 0 Å². The van der Waals surface area contributed by atoms with Crippen LogP contribution in [0.5, 0.6) is 0 Å². The van der Waals surface area contributed by atoms with Crippen LogP contribution in [0.1, 0.15) is 28.0 Å². The van der Waals surface area contributed by atoms with Crippen LogP contribution < -0.4 is 4.90 Å². The third-order valence-corrected chi connectivity index (χ3v) is 3.37. The average molecular weight is 314 g/mol. The number of aromatic nitrogens is 3. The normalized spacial score (nSPS) is 14.8. The number of amides is 1. The molecule has 116 valence electrons. The first-order chi connectivity index (χ1) is 10.4. The Kier molecular flexibility index (Phi) is 3.34. The van der Waals surface area contributed by atoms with Crippen LogP contribution in [0.3, 0.4) is 0 Å². The number of nitrogens with zero attached hydrogens (tertiary/aromatic N) is 3. The van der Waals surface area contributed by atoms with Crippen LogP contribution in [0.4, 0.5) is 23.4 Å². The van der Waals surface area contributed by atoms with Gasteiger partial charge in [0.25, 0.3) is 5.91 Å². The number of H-pyrrole nitrogens is 1. The maximum atomic E-state index is 13.4. The Morgan fingerprint density at radius 1 is 1.23 bits per heavy atom. The SMILES string of the molecule is O=C(c1cc(F)cc(C(F)(F)F)c1)N1CCCc2n[nH]nc21. The minimum Gasteiger partial charge on any atom is -0.290 e. The quantitative estimate of drug-likeness (QED) is 0.823. The van der Waals surface area contributed by atoms with Crippen molar-refractivity contribution in [3.8, 4) is 0 Å². The highest BCUT2D eigenvalue weighted by Gasteiger charge is 2.33. The Bertz CT molecular complexity index is 725. The topological polar surface area (TPSA) is 61.9 Å². The number of halogens is 4. The van der Waals surface area contributed by atoms with Crippen molar-refractivity contribution in [2.75, 3.05) is 11.4 Å². The lowest BCUT2D eigenvalue weighted by Crippen LogP contribution is -2.35. The van der Waals surface area contributed by atoms with Crippen molar-refractivity contribution in [2.45, 2.75) is 19.0 Å².